The van der Waals surface area contributed by atoms with Crippen LogP contribution < -0.4 is 15.2 Å². The van der Waals surface area contributed by atoms with Gasteiger partial charge >= 0.3 is 0 Å². The minimum absolute atomic E-state index is 0.0156. The summed E-state index contributed by atoms with van der Waals surface area (Å²) in [4.78, 5) is 10.9. The van der Waals surface area contributed by atoms with Crippen molar-refractivity contribution in [1.29, 1.82) is 0 Å². The van der Waals surface area contributed by atoms with Gasteiger partial charge in [0.05, 0.1) is 12.6 Å². The molecule has 7 heteroatoms. The molecule has 3 aromatic rings. The monoisotopic (exact) mass is 436 g/mol. The van der Waals surface area contributed by atoms with Gasteiger partial charge < -0.3 is 20.1 Å². The molecule has 0 atom stereocenters. The van der Waals surface area contributed by atoms with Crippen LogP contribution in [0.1, 0.15) is 23.6 Å². The number of aryl methyl sites for hydroxylation is 1. The minimum atomic E-state index is 0.0156. The van der Waals surface area contributed by atoms with Gasteiger partial charge in [-0.05, 0) is 74.5 Å². The quantitative estimate of drug-likeness (QED) is 0.341. The molecule has 0 saturated heterocycles. The number of aliphatic imine (C=N–C) groups is 1. The molecule has 0 aliphatic carbocycles. The molecule has 1 heterocycles. The number of amidine groups is 1. The Balaban J connectivity index is 1.77. The Bertz CT molecular complexity index is 1110. The van der Waals surface area contributed by atoms with Crippen LogP contribution in [-0.2, 0) is 6.42 Å². The predicted octanol–water partition coefficient (Wildman–Crippen LogP) is 4.12. The van der Waals surface area contributed by atoms with E-state index in [-0.39, 0.29) is 11.0 Å². The van der Waals surface area contributed by atoms with E-state index in [1.807, 2.05) is 42.5 Å². The average molecular weight is 437 g/mol. The predicted molar refractivity (Wildman–Crippen MR) is 130 cm³/mol. The average Bonchev–Trinajstić information content (AvgIpc) is 2.77. The lowest BCUT2D eigenvalue weighted by atomic mass is 10.0. The summed E-state index contributed by atoms with van der Waals surface area (Å²) in [5, 5.41) is 0.994. The van der Waals surface area contributed by atoms with Crippen molar-refractivity contribution < 1.29 is 9.47 Å². The molecule has 0 amide bonds. The van der Waals surface area contributed by atoms with Gasteiger partial charge in [0.15, 0.2) is 11.5 Å². The normalized spacial score (nSPS) is 11.7. The summed E-state index contributed by atoms with van der Waals surface area (Å²) in [6.07, 6.45) is 2.61. The molecule has 1 aromatic heterocycles. The Morgan fingerprint density at radius 3 is 2.71 bits per heavy atom. The molecule has 0 unspecified atom stereocenters. The zero-order valence-corrected chi connectivity index (χ0v) is 19.2. The molecule has 0 radical (unpaired) electrons. The number of pyridine rings is 1. The van der Waals surface area contributed by atoms with Crippen LogP contribution in [0.2, 0.25) is 0 Å². The Labute approximate surface area is 188 Å². The van der Waals surface area contributed by atoms with E-state index in [0.717, 1.165) is 36.0 Å². The second kappa shape index (κ2) is 10.3. The molecule has 162 valence electrons. The van der Waals surface area contributed by atoms with E-state index in [1.54, 1.807) is 13.3 Å². The third-order valence-electron chi connectivity index (χ3n) is 5.22. The number of hydrogen-bond acceptors (Lipinski definition) is 5. The van der Waals surface area contributed by atoms with Gasteiger partial charge in [0.25, 0.3) is 5.17 Å². The van der Waals surface area contributed by atoms with Crippen LogP contribution in [0.25, 0.3) is 10.9 Å². The van der Waals surface area contributed by atoms with Crippen molar-refractivity contribution in [2.24, 2.45) is 10.7 Å². The van der Waals surface area contributed by atoms with Crippen LogP contribution in [0.5, 0.6) is 11.5 Å². The van der Waals surface area contributed by atoms with Crippen LogP contribution in [-0.4, -0.2) is 48.1 Å². The smallest absolute Gasteiger partial charge is 0.291 e. The summed E-state index contributed by atoms with van der Waals surface area (Å²) >= 11 is 5.32. The van der Waals surface area contributed by atoms with E-state index in [9.17, 15) is 0 Å². The number of fused-ring (bicyclic) bond motifs is 1. The number of rotatable bonds is 7. The highest BCUT2D eigenvalue weighted by molar-refractivity contribution is 7.80. The number of hydrogen-bond donors (Lipinski definition) is 1. The molecule has 2 aromatic carbocycles. The van der Waals surface area contributed by atoms with Crippen molar-refractivity contribution in [3.05, 3.63) is 65.4 Å². The van der Waals surface area contributed by atoms with E-state index in [4.69, 9.17) is 27.4 Å². The fraction of sp³-hybridized carbons (Fsp3) is 0.292. The minimum Gasteiger partial charge on any atom is -0.493 e. The molecule has 0 spiro atoms. The van der Waals surface area contributed by atoms with Gasteiger partial charge in [-0.1, -0.05) is 25.1 Å². The lowest BCUT2D eigenvalue weighted by Crippen LogP contribution is -2.20. The Kier molecular flexibility index (Phi) is 7.55. The molecule has 6 nitrogen and oxygen atoms in total. The van der Waals surface area contributed by atoms with E-state index in [0.29, 0.717) is 17.1 Å². The SMILES string of the molecule is CCN(C)CCc1cc(OC)c(OC(=S)N=C(N)c2cnc3ccccc3c2)cc1C. The maximum atomic E-state index is 6.15. The van der Waals surface area contributed by atoms with Gasteiger partial charge in [-0.2, -0.15) is 4.99 Å². The maximum Gasteiger partial charge on any atom is 0.291 e. The first-order valence-electron chi connectivity index (χ1n) is 10.2. The molecule has 0 bridgehead atoms. The summed E-state index contributed by atoms with van der Waals surface area (Å²) < 4.78 is 11.3. The van der Waals surface area contributed by atoms with Crippen LogP contribution in [0, 0.1) is 6.92 Å². The van der Waals surface area contributed by atoms with Crippen molar-refractivity contribution in [2.75, 3.05) is 27.2 Å². The van der Waals surface area contributed by atoms with Gasteiger partial charge in [-0.3, -0.25) is 4.98 Å². The van der Waals surface area contributed by atoms with E-state index in [2.05, 4.69) is 35.8 Å². The summed E-state index contributed by atoms with van der Waals surface area (Å²) in [5.74, 6) is 1.38. The number of benzene rings is 2. The topological polar surface area (TPSA) is 73.0 Å². The Morgan fingerprint density at radius 2 is 1.97 bits per heavy atom. The van der Waals surface area contributed by atoms with Crippen LogP contribution in [0.4, 0.5) is 0 Å². The standard InChI is InChI=1S/C24H28N4O2S/c1-5-28(3)11-10-17-14-21(29-4)22(12-16(17)2)30-24(31)27-23(25)19-13-18-8-6-7-9-20(18)26-15-19/h6-9,12-15H,5,10-11H2,1-4H3,(H2,25,27,31). The molecular formula is C24H28N4O2S. The second-order valence-corrected chi connectivity index (χ2v) is 7.71. The first kappa shape index (κ1) is 22.7. The third kappa shape index (κ3) is 5.77. The number of para-hydroxylation sites is 1. The van der Waals surface area contributed by atoms with Crippen molar-refractivity contribution in [2.45, 2.75) is 20.3 Å². The zero-order chi connectivity index (χ0) is 22.4. The van der Waals surface area contributed by atoms with Gasteiger partial charge in [0.2, 0.25) is 0 Å². The first-order chi connectivity index (χ1) is 14.9. The fourth-order valence-electron chi connectivity index (χ4n) is 3.17. The van der Waals surface area contributed by atoms with Crippen LogP contribution in [0.3, 0.4) is 0 Å². The van der Waals surface area contributed by atoms with Crippen molar-refractivity contribution in [3.63, 3.8) is 0 Å². The van der Waals surface area contributed by atoms with Crippen LogP contribution in [0.15, 0.2) is 53.7 Å². The number of thiocarbonyl (C=S) groups is 1. The number of aromatic nitrogens is 1. The molecule has 3 rings (SSSR count). The summed E-state index contributed by atoms with van der Waals surface area (Å²) in [6, 6.07) is 13.7. The molecule has 0 fully saturated rings. The van der Waals surface area contributed by atoms with E-state index >= 15 is 0 Å². The van der Waals surface area contributed by atoms with Crippen molar-refractivity contribution >= 4 is 34.1 Å². The van der Waals surface area contributed by atoms with Crippen molar-refractivity contribution in [1.82, 2.24) is 9.88 Å². The lowest BCUT2D eigenvalue weighted by molar-refractivity contribution is 0.356. The van der Waals surface area contributed by atoms with Gasteiger partial charge in [-0.15, -0.1) is 0 Å². The Hall–Kier alpha value is -3.03. The summed E-state index contributed by atoms with van der Waals surface area (Å²) in [6.45, 7) is 6.18. The number of ether oxygens (including phenoxy) is 2. The molecule has 2 N–H and O–H groups in total. The first-order valence-corrected chi connectivity index (χ1v) is 10.6. The van der Waals surface area contributed by atoms with E-state index in [1.165, 1.54) is 5.56 Å². The summed E-state index contributed by atoms with van der Waals surface area (Å²) in [7, 11) is 3.72. The largest absolute Gasteiger partial charge is 0.493 e. The molecule has 31 heavy (non-hydrogen) atoms. The van der Waals surface area contributed by atoms with Gasteiger partial charge in [-0.25, -0.2) is 0 Å². The molecular weight excluding hydrogens is 408 g/mol. The Morgan fingerprint density at radius 1 is 1.19 bits per heavy atom. The highest BCUT2D eigenvalue weighted by Gasteiger charge is 2.13. The third-order valence-corrected chi connectivity index (χ3v) is 5.39. The molecule has 0 aliphatic heterocycles. The fourth-order valence-corrected chi connectivity index (χ4v) is 3.36. The van der Waals surface area contributed by atoms with Crippen LogP contribution >= 0.6 is 12.2 Å². The number of nitrogens with zero attached hydrogens (tertiary/aromatic N) is 3. The summed E-state index contributed by atoms with van der Waals surface area (Å²) in [5.41, 5.74) is 10.0. The highest BCUT2D eigenvalue weighted by Crippen LogP contribution is 2.31. The number of likely N-dealkylation sites (N-methyl/N-ethyl adjacent to an activating group) is 1. The lowest BCUT2D eigenvalue weighted by Gasteiger charge is -2.17. The molecule has 0 aliphatic rings. The number of nitrogens with two attached hydrogens (primary N) is 1. The highest BCUT2D eigenvalue weighted by atomic mass is 32.1. The second-order valence-electron chi connectivity index (χ2n) is 7.36. The van der Waals surface area contributed by atoms with Gasteiger partial charge in [0, 0.05) is 23.7 Å². The van der Waals surface area contributed by atoms with Crippen molar-refractivity contribution in [3.8, 4) is 11.5 Å². The molecule has 0 saturated carbocycles. The maximum absolute atomic E-state index is 6.15. The number of methoxy groups -OCH3 is 1. The zero-order valence-electron chi connectivity index (χ0n) is 18.4. The van der Waals surface area contributed by atoms with E-state index < -0.39 is 0 Å². The van der Waals surface area contributed by atoms with Gasteiger partial charge in [0.1, 0.15) is 5.84 Å².